The van der Waals surface area contributed by atoms with Gasteiger partial charge in [-0.3, -0.25) is 10.1 Å². The average molecular weight is 460 g/mol. The highest BCUT2D eigenvalue weighted by atomic mass is 16.5. The molecule has 3 amide bonds. The van der Waals surface area contributed by atoms with Gasteiger partial charge in [-0.15, -0.1) is 0 Å². The van der Waals surface area contributed by atoms with Crippen molar-refractivity contribution in [3.8, 4) is 5.75 Å². The molecule has 8 nitrogen and oxygen atoms in total. The van der Waals surface area contributed by atoms with Crippen LogP contribution in [0.2, 0.25) is 0 Å². The minimum absolute atomic E-state index is 0.268. The number of allylic oxidation sites excluding steroid dienone is 1. The van der Waals surface area contributed by atoms with Crippen molar-refractivity contribution in [1.82, 2.24) is 10.3 Å². The molecule has 0 saturated carbocycles. The van der Waals surface area contributed by atoms with Gasteiger partial charge in [0.25, 0.3) is 5.91 Å². The number of hydrogen-bond acceptors (Lipinski definition) is 6. The van der Waals surface area contributed by atoms with Crippen LogP contribution in [-0.2, 0) is 16.0 Å². The predicted molar refractivity (Wildman–Crippen MR) is 128 cm³/mol. The molecule has 1 heterocycles. The van der Waals surface area contributed by atoms with E-state index >= 15 is 0 Å². The molecule has 3 N–H and O–H groups in total. The summed E-state index contributed by atoms with van der Waals surface area (Å²) in [5.41, 5.74) is 9.56. The van der Waals surface area contributed by atoms with Gasteiger partial charge in [0.2, 0.25) is 0 Å². The van der Waals surface area contributed by atoms with Crippen LogP contribution in [-0.4, -0.2) is 36.6 Å². The molecule has 0 spiro atoms. The normalized spacial score (nSPS) is 16.1. The van der Waals surface area contributed by atoms with Gasteiger partial charge in [0, 0.05) is 5.39 Å². The molecule has 0 saturated heterocycles. The molecule has 0 aliphatic heterocycles. The first-order chi connectivity index (χ1) is 16.4. The Labute approximate surface area is 196 Å². The zero-order chi connectivity index (χ0) is 24.2. The third-order valence-electron chi connectivity index (χ3n) is 5.68. The molecular weight excluding hydrogens is 434 g/mol. The van der Waals surface area contributed by atoms with Gasteiger partial charge >= 0.3 is 12.0 Å². The number of aromatic nitrogens is 1. The number of urea groups is 1. The fourth-order valence-electron chi connectivity index (χ4n) is 4.25. The second-order valence-electron chi connectivity index (χ2n) is 8.28. The van der Waals surface area contributed by atoms with Gasteiger partial charge in [0.1, 0.15) is 5.75 Å². The van der Waals surface area contributed by atoms with Crippen molar-refractivity contribution in [2.75, 3.05) is 13.7 Å². The number of nitrogens with zero attached hydrogens (tertiary/aromatic N) is 1. The Morgan fingerprint density at radius 1 is 1.12 bits per heavy atom. The van der Waals surface area contributed by atoms with Crippen molar-refractivity contribution >= 4 is 40.5 Å². The van der Waals surface area contributed by atoms with Crippen LogP contribution in [0.25, 0.3) is 22.6 Å². The maximum Gasteiger partial charge on any atom is 0.339 e. The van der Waals surface area contributed by atoms with Crippen LogP contribution >= 0.6 is 0 Å². The molecule has 3 aromatic rings. The highest BCUT2D eigenvalue weighted by molar-refractivity contribution is 6.07. The van der Waals surface area contributed by atoms with Crippen molar-refractivity contribution in [1.29, 1.82) is 0 Å². The second-order valence-corrected chi connectivity index (χ2v) is 8.28. The van der Waals surface area contributed by atoms with Gasteiger partial charge < -0.3 is 15.2 Å². The number of benzene rings is 2. The summed E-state index contributed by atoms with van der Waals surface area (Å²) in [5, 5.41) is 2.54. The summed E-state index contributed by atoms with van der Waals surface area (Å²) >= 11 is 0. The third-order valence-corrected chi connectivity index (χ3v) is 5.68. The fraction of sp³-hybridized carbons (Fsp3) is 0.231. The molecular formula is C26H25N3O5. The van der Waals surface area contributed by atoms with Gasteiger partial charge in [0.15, 0.2) is 6.61 Å². The minimum Gasteiger partial charge on any atom is -0.497 e. The van der Waals surface area contributed by atoms with Crippen molar-refractivity contribution in [2.24, 2.45) is 11.7 Å². The molecule has 1 aliphatic carbocycles. The molecule has 34 heavy (non-hydrogen) atoms. The van der Waals surface area contributed by atoms with Crippen LogP contribution in [0.3, 0.4) is 0 Å². The number of methoxy groups -OCH3 is 1. The Morgan fingerprint density at radius 2 is 1.85 bits per heavy atom. The number of amides is 3. The first-order valence-electron chi connectivity index (χ1n) is 10.9. The van der Waals surface area contributed by atoms with E-state index in [0.29, 0.717) is 22.9 Å². The molecule has 0 radical (unpaired) electrons. The molecule has 0 bridgehead atoms. The van der Waals surface area contributed by atoms with Gasteiger partial charge in [-0.2, -0.15) is 0 Å². The largest absolute Gasteiger partial charge is 0.497 e. The van der Waals surface area contributed by atoms with E-state index in [9.17, 15) is 14.4 Å². The highest BCUT2D eigenvalue weighted by Gasteiger charge is 2.29. The number of fused-ring (bicyclic) bond motifs is 2. The third kappa shape index (κ3) is 4.91. The van der Waals surface area contributed by atoms with E-state index in [1.807, 2.05) is 53.8 Å². The summed E-state index contributed by atoms with van der Waals surface area (Å²) in [6, 6.07) is 14.1. The number of para-hydroxylation sites is 1. The first-order valence-corrected chi connectivity index (χ1v) is 10.9. The Bertz CT molecular complexity index is 1300. The molecule has 2 aromatic carbocycles. The summed E-state index contributed by atoms with van der Waals surface area (Å²) in [5.74, 6) is -0.396. The van der Waals surface area contributed by atoms with Crippen LogP contribution < -0.4 is 15.8 Å². The standard InChI is InChI=1S/C26H25N3O5/c1-15-11-17(13-16-7-9-18(33-2)10-8-16)24-20(12-15)23(19-5-3-4-6-21(19)28-24)25(31)34-14-22(30)29-26(27)32/h3-10,13,15H,11-12,14H2,1-2H3,(H3,27,29,30,32)/b17-13+. The predicted octanol–water partition coefficient (Wildman–Crippen LogP) is 3.72. The summed E-state index contributed by atoms with van der Waals surface area (Å²) in [7, 11) is 1.62. The molecule has 1 aromatic heterocycles. The van der Waals surface area contributed by atoms with Gasteiger partial charge in [-0.1, -0.05) is 37.3 Å². The number of pyridine rings is 1. The van der Waals surface area contributed by atoms with E-state index in [2.05, 4.69) is 13.0 Å². The van der Waals surface area contributed by atoms with Gasteiger partial charge in [0.05, 0.1) is 23.9 Å². The molecule has 1 unspecified atom stereocenters. The summed E-state index contributed by atoms with van der Waals surface area (Å²) in [4.78, 5) is 40.7. The van der Waals surface area contributed by atoms with E-state index in [1.54, 1.807) is 7.11 Å². The van der Waals surface area contributed by atoms with Crippen LogP contribution in [0.1, 0.15) is 40.5 Å². The Kier molecular flexibility index (Phi) is 6.58. The molecule has 1 aliphatic rings. The van der Waals surface area contributed by atoms with E-state index in [0.717, 1.165) is 34.6 Å². The number of carbonyl (C=O) groups is 3. The fourth-order valence-corrected chi connectivity index (χ4v) is 4.25. The summed E-state index contributed by atoms with van der Waals surface area (Å²) in [6.45, 7) is 1.51. The van der Waals surface area contributed by atoms with Gasteiger partial charge in [-0.25, -0.2) is 14.6 Å². The lowest BCUT2D eigenvalue weighted by atomic mass is 9.80. The SMILES string of the molecule is COc1ccc(/C=C2\CC(C)Cc3c2nc2ccccc2c3C(=O)OCC(=O)NC(N)=O)cc1. The topological polar surface area (TPSA) is 121 Å². The van der Waals surface area contributed by atoms with Crippen molar-refractivity contribution in [3.05, 3.63) is 70.9 Å². The van der Waals surface area contributed by atoms with E-state index in [4.69, 9.17) is 20.2 Å². The number of nitrogens with two attached hydrogens (primary N) is 1. The maximum atomic E-state index is 13.2. The average Bonchev–Trinajstić information content (AvgIpc) is 2.81. The molecule has 174 valence electrons. The smallest absolute Gasteiger partial charge is 0.339 e. The molecule has 4 rings (SSSR count). The molecule has 8 heteroatoms. The number of hydrogen-bond donors (Lipinski definition) is 2. The highest BCUT2D eigenvalue weighted by Crippen LogP contribution is 2.38. The zero-order valence-electron chi connectivity index (χ0n) is 19.0. The van der Waals surface area contributed by atoms with Gasteiger partial charge in [-0.05, 0) is 59.7 Å². The summed E-state index contributed by atoms with van der Waals surface area (Å²) < 4.78 is 10.5. The number of ether oxygens (including phenoxy) is 2. The number of imide groups is 1. The lowest BCUT2D eigenvalue weighted by molar-refractivity contribution is -0.123. The maximum absolute atomic E-state index is 13.2. The van der Waals surface area contributed by atoms with Crippen molar-refractivity contribution in [2.45, 2.75) is 19.8 Å². The van der Waals surface area contributed by atoms with Crippen LogP contribution in [0.4, 0.5) is 4.79 Å². The Hall–Kier alpha value is -4.20. The van der Waals surface area contributed by atoms with E-state index in [-0.39, 0.29) is 5.92 Å². The number of rotatable bonds is 5. The quantitative estimate of drug-likeness (QED) is 0.561. The second kappa shape index (κ2) is 9.74. The van der Waals surface area contributed by atoms with Crippen LogP contribution in [0.15, 0.2) is 48.5 Å². The monoisotopic (exact) mass is 459 g/mol. The van der Waals surface area contributed by atoms with Crippen molar-refractivity contribution < 1.29 is 23.9 Å². The first kappa shape index (κ1) is 23.0. The minimum atomic E-state index is -1.00. The molecule has 1 atom stereocenters. The Morgan fingerprint density at radius 3 is 2.56 bits per heavy atom. The Balaban J connectivity index is 1.78. The zero-order valence-corrected chi connectivity index (χ0v) is 19.0. The number of nitrogens with one attached hydrogen (secondary N) is 1. The van der Waals surface area contributed by atoms with Crippen LogP contribution in [0, 0.1) is 5.92 Å². The number of carbonyl (C=O) groups excluding carboxylic acids is 3. The van der Waals surface area contributed by atoms with E-state index < -0.39 is 24.5 Å². The lowest BCUT2D eigenvalue weighted by Crippen LogP contribution is -2.37. The number of esters is 1. The van der Waals surface area contributed by atoms with Crippen LogP contribution in [0.5, 0.6) is 5.75 Å². The summed E-state index contributed by atoms with van der Waals surface area (Å²) in [6.07, 6.45) is 3.52. The van der Waals surface area contributed by atoms with Crippen molar-refractivity contribution in [3.63, 3.8) is 0 Å². The molecule has 0 fully saturated rings. The number of primary amides is 1. The van der Waals surface area contributed by atoms with E-state index in [1.165, 1.54) is 0 Å². The lowest BCUT2D eigenvalue weighted by Gasteiger charge is -2.26.